The molecule has 8 nitrogen and oxygen atoms in total. The molecule has 0 radical (unpaired) electrons. The Hall–Kier alpha value is -3.20. The van der Waals surface area contributed by atoms with Gasteiger partial charge in [0.1, 0.15) is 10.9 Å². The largest absolute Gasteiger partial charge is 0.352 e. The Bertz CT molecular complexity index is 1190. The van der Waals surface area contributed by atoms with Gasteiger partial charge in [-0.3, -0.25) is 14.4 Å². The Morgan fingerprint density at radius 1 is 1.06 bits per heavy atom. The average molecular weight is 486 g/mol. The molecule has 0 aliphatic carbocycles. The van der Waals surface area contributed by atoms with Crippen molar-refractivity contribution < 1.29 is 22.8 Å². The number of fused-ring (bicyclic) bond motifs is 1. The molecule has 34 heavy (non-hydrogen) atoms. The van der Waals surface area contributed by atoms with Gasteiger partial charge in [-0.05, 0) is 50.5 Å². The van der Waals surface area contributed by atoms with Gasteiger partial charge in [0.05, 0.1) is 5.56 Å². The summed E-state index contributed by atoms with van der Waals surface area (Å²) in [6.45, 7) is 7.33. The fraction of sp³-hybridized carbons (Fsp3) is 0.400. The first-order valence-electron chi connectivity index (χ1n) is 11.4. The summed E-state index contributed by atoms with van der Waals surface area (Å²) in [6.07, 6.45) is 0.519. The molecule has 2 aromatic rings. The summed E-state index contributed by atoms with van der Waals surface area (Å²) >= 11 is 0. The van der Waals surface area contributed by atoms with E-state index < -0.39 is 27.9 Å². The number of amides is 3. The van der Waals surface area contributed by atoms with E-state index in [2.05, 4.69) is 5.32 Å². The van der Waals surface area contributed by atoms with Crippen LogP contribution in [0, 0.1) is 6.92 Å². The van der Waals surface area contributed by atoms with Crippen LogP contribution in [0.4, 0.5) is 0 Å². The molecule has 0 aromatic heterocycles. The van der Waals surface area contributed by atoms with Gasteiger partial charge >= 0.3 is 0 Å². The first-order valence-corrected chi connectivity index (χ1v) is 12.8. The first-order chi connectivity index (χ1) is 16.1. The van der Waals surface area contributed by atoms with Crippen LogP contribution in [0.15, 0.2) is 53.4 Å². The molecule has 1 heterocycles. The standard InChI is InChI=1S/C25H31N3O5S/c1-5-18(3)26-24(30)19(4)27(16-20-11-7-6-10-17(20)2)23(29)14-15-28-25(31)21-12-8-9-13-22(21)34(28,32)33/h6-13,18-19H,5,14-16H2,1-4H3,(H,26,30)/t18-,19-/m0/s1. The molecule has 0 spiro atoms. The predicted molar refractivity (Wildman–Crippen MR) is 128 cm³/mol. The fourth-order valence-electron chi connectivity index (χ4n) is 3.81. The van der Waals surface area contributed by atoms with E-state index in [0.717, 1.165) is 21.9 Å². The zero-order valence-corrected chi connectivity index (χ0v) is 20.8. The highest BCUT2D eigenvalue weighted by Gasteiger charge is 2.41. The van der Waals surface area contributed by atoms with Crippen molar-refractivity contribution in [2.24, 2.45) is 0 Å². The van der Waals surface area contributed by atoms with Crippen molar-refractivity contribution in [2.45, 2.75) is 64.1 Å². The van der Waals surface area contributed by atoms with Crippen LogP contribution in [-0.4, -0.2) is 54.0 Å². The molecule has 0 saturated carbocycles. The van der Waals surface area contributed by atoms with Crippen LogP contribution >= 0.6 is 0 Å². The van der Waals surface area contributed by atoms with Gasteiger partial charge in [-0.2, -0.15) is 0 Å². The van der Waals surface area contributed by atoms with Gasteiger partial charge in [0.15, 0.2) is 0 Å². The molecule has 1 aliphatic heterocycles. The van der Waals surface area contributed by atoms with Gasteiger partial charge in [-0.1, -0.05) is 43.3 Å². The summed E-state index contributed by atoms with van der Waals surface area (Å²) in [5, 5.41) is 2.90. The molecule has 182 valence electrons. The fourth-order valence-corrected chi connectivity index (χ4v) is 5.38. The SMILES string of the molecule is CC[C@H](C)NC(=O)[C@H](C)N(Cc1ccccc1C)C(=O)CCN1C(=O)c2ccccc2S1(=O)=O. The average Bonchev–Trinajstić information content (AvgIpc) is 3.01. The molecule has 0 saturated heterocycles. The lowest BCUT2D eigenvalue weighted by Gasteiger charge is -2.30. The number of benzene rings is 2. The van der Waals surface area contributed by atoms with Crippen LogP contribution in [-0.2, 0) is 26.2 Å². The Labute approximate surface area is 201 Å². The number of aryl methyl sites for hydroxylation is 1. The van der Waals surface area contributed by atoms with Crippen molar-refractivity contribution in [3.63, 3.8) is 0 Å². The summed E-state index contributed by atoms with van der Waals surface area (Å²) in [5.41, 5.74) is 1.96. The predicted octanol–water partition coefficient (Wildman–Crippen LogP) is 2.86. The van der Waals surface area contributed by atoms with Gasteiger partial charge in [-0.25, -0.2) is 12.7 Å². The van der Waals surface area contributed by atoms with E-state index >= 15 is 0 Å². The molecule has 0 bridgehead atoms. The summed E-state index contributed by atoms with van der Waals surface area (Å²) in [4.78, 5) is 40.2. The maximum Gasteiger partial charge on any atom is 0.269 e. The van der Waals surface area contributed by atoms with Crippen LogP contribution in [0.3, 0.4) is 0 Å². The van der Waals surface area contributed by atoms with E-state index in [0.29, 0.717) is 0 Å². The lowest BCUT2D eigenvalue weighted by molar-refractivity contribution is -0.140. The molecular formula is C25H31N3O5S. The monoisotopic (exact) mass is 485 g/mol. The van der Waals surface area contributed by atoms with Crippen molar-refractivity contribution in [3.05, 3.63) is 65.2 Å². The number of nitrogens with zero attached hydrogens (tertiary/aromatic N) is 2. The van der Waals surface area contributed by atoms with Crippen molar-refractivity contribution in [1.82, 2.24) is 14.5 Å². The number of carbonyl (C=O) groups excluding carboxylic acids is 3. The van der Waals surface area contributed by atoms with Crippen LogP contribution in [0.25, 0.3) is 0 Å². The molecule has 3 rings (SSSR count). The molecule has 1 N–H and O–H groups in total. The second-order valence-electron chi connectivity index (χ2n) is 8.57. The van der Waals surface area contributed by atoms with Crippen LogP contribution < -0.4 is 5.32 Å². The molecule has 2 atom stereocenters. The van der Waals surface area contributed by atoms with Gasteiger partial charge in [0, 0.05) is 25.6 Å². The van der Waals surface area contributed by atoms with E-state index in [4.69, 9.17) is 0 Å². The summed E-state index contributed by atoms with van der Waals surface area (Å²) in [5.74, 6) is -1.33. The molecule has 1 aliphatic rings. The van der Waals surface area contributed by atoms with E-state index in [9.17, 15) is 22.8 Å². The molecule has 0 unspecified atom stereocenters. The molecule has 0 fully saturated rings. The van der Waals surface area contributed by atoms with Crippen LogP contribution in [0.1, 0.15) is 55.1 Å². The number of hydrogen-bond acceptors (Lipinski definition) is 5. The minimum atomic E-state index is -4.00. The zero-order chi connectivity index (χ0) is 25.0. The van der Waals surface area contributed by atoms with Crippen molar-refractivity contribution in [3.8, 4) is 0 Å². The second-order valence-corrected chi connectivity index (χ2v) is 10.4. The van der Waals surface area contributed by atoms with Crippen LogP contribution in [0.5, 0.6) is 0 Å². The Kier molecular flexibility index (Phi) is 7.76. The van der Waals surface area contributed by atoms with Gasteiger partial charge in [0.2, 0.25) is 11.8 Å². The van der Waals surface area contributed by atoms with Gasteiger partial charge in [0.25, 0.3) is 15.9 Å². The maximum atomic E-state index is 13.3. The summed E-state index contributed by atoms with van der Waals surface area (Å²) in [7, 11) is -4.00. The van der Waals surface area contributed by atoms with E-state index in [-0.39, 0.29) is 41.9 Å². The molecule has 3 amide bonds. The number of rotatable bonds is 9. The Morgan fingerprint density at radius 3 is 2.35 bits per heavy atom. The molecule has 2 aromatic carbocycles. The normalized spacial score (nSPS) is 16.0. The highest BCUT2D eigenvalue weighted by Crippen LogP contribution is 2.30. The maximum absolute atomic E-state index is 13.3. The quantitative estimate of drug-likeness (QED) is 0.588. The lowest BCUT2D eigenvalue weighted by Crippen LogP contribution is -2.50. The third kappa shape index (κ3) is 5.14. The minimum absolute atomic E-state index is 0.0452. The number of nitrogens with one attached hydrogen (secondary N) is 1. The van der Waals surface area contributed by atoms with Crippen LogP contribution in [0.2, 0.25) is 0 Å². The van der Waals surface area contributed by atoms with E-state index in [1.54, 1.807) is 19.1 Å². The Balaban J connectivity index is 1.80. The van der Waals surface area contributed by atoms with E-state index in [1.807, 2.05) is 45.0 Å². The number of carbonyl (C=O) groups is 3. The van der Waals surface area contributed by atoms with Crippen molar-refractivity contribution >= 4 is 27.7 Å². The molecular weight excluding hydrogens is 454 g/mol. The smallest absolute Gasteiger partial charge is 0.269 e. The minimum Gasteiger partial charge on any atom is -0.352 e. The highest BCUT2D eigenvalue weighted by molar-refractivity contribution is 7.90. The van der Waals surface area contributed by atoms with Gasteiger partial charge < -0.3 is 10.2 Å². The van der Waals surface area contributed by atoms with Crippen molar-refractivity contribution in [2.75, 3.05) is 6.54 Å². The first kappa shape index (κ1) is 25.4. The van der Waals surface area contributed by atoms with Gasteiger partial charge in [-0.15, -0.1) is 0 Å². The van der Waals surface area contributed by atoms with E-state index in [1.165, 1.54) is 17.0 Å². The zero-order valence-electron chi connectivity index (χ0n) is 19.9. The number of hydrogen-bond donors (Lipinski definition) is 1. The summed E-state index contributed by atoms with van der Waals surface area (Å²) < 4.78 is 26.4. The number of sulfonamides is 1. The topological polar surface area (TPSA) is 104 Å². The lowest BCUT2D eigenvalue weighted by atomic mass is 10.1. The summed E-state index contributed by atoms with van der Waals surface area (Å²) in [6, 6.07) is 12.8. The second kappa shape index (κ2) is 10.4. The third-order valence-electron chi connectivity index (χ3n) is 6.21. The Morgan fingerprint density at radius 2 is 1.71 bits per heavy atom. The third-order valence-corrected chi connectivity index (χ3v) is 8.05. The highest BCUT2D eigenvalue weighted by atomic mass is 32.2. The molecule has 9 heteroatoms. The van der Waals surface area contributed by atoms with Crippen molar-refractivity contribution in [1.29, 1.82) is 0 Å².